The Bertz CT molecular complexity index is 954. The first kappa shape index (κ1) is 20.1. The van der Waals surface area contributed by atoms with Crippen molar-refractivity contribution in [3.8, 4) is 5.75 Å². The molecule has 0 saturated carbocycles. The first-order chi connectivity index (χ1) is 14.7. The van der Waals surface area contributed by atoms with Crippen LogP contribution in [0.2, 0.25) is 0 Å². The summed E-state index contributed by atoms with van der Waals surface area (Å²) in [6.07, 6.45) is 3.68. The van der Waals surface area contributed by atoms with Crippen molar-refractivity contribution in [3.63, 3.8) is 0 Å². The Morgan fingerprint density at radius 2 is 1.80 bits per heavy atom. The van der Waals surface area contributed by atoms with Crippen LogP contribution in [0.15, 0.2) is 79.0 Å². The Labute approximate surface area is 177 Å². The number of carbonyl (C=O) groups is 1. The summed E-state index contributed by atoms with van der Waals surface area (Å²) in [5.74, 6) is 0.790. The Kier molecular flexibility index (Phi) is 6.40. The van der Waals surface area contributed by atoms with E-state index in [1.807, 2.05) is 77.8 Å². The minimum absolute atomic E-state index is 0.0343. The summed E-state index contributed by atoms with van der Waals surface area (Å²) in [7, 11) is 1.65. The van der Waals surface area contributed by atoms with Gasteiger partial charge in [0.15, 0.2) is 0 Å². The molecular weight excluding hydrogens is 374 g/mol. The van der Waals surface area contributed by atoms with Gasteiger partial charge >= 0.3 is 0 Å². The van der Waals surface area contributed by atoms with E-state index >= 15 is 0 Å². The van der Waals surface area contributed by atoms with Gasteiger partial charge in [0.1, 0.15) is 5.75 Å². The fraction of sp³-hybridized carbons (Fsp3) is 0.280. The second-order valence-corrected chi connectivity index (χ2v) is 7.57. The molecule has 4 rings (SSSR count). The number of amides is 1. The average Bonchev–Trinajstić information content (AvgIpc) is 2.82. The Balaban J connectivity index is 1.53. The summed E-state index contributed by atoms with van der Waals surface area (Å²) in [5.41, 5.74) is 2.67. The summed E-state index contributed by atoms with van der Waals surface area (Å²) in [6, 6.07) is 23.5. The molecule has 0 bridgehead atoms. The van der Waals surface area contributed by atoms with E-state index in [2.05, 4.69) is 16.0 Å². The molecule has 0 aliphatic carbocycles. The molecule has 0 atom stereocenters. The third kappa shape index (κ3) is 4.69. The fourth-order valence-corrected chi connectivity index (χ4v) is 4.03. The van der Waals surface area contributed by atoms with Gasteiger partial charge in [0.2, 0.25) is 0 Å². The lowest BCUT2D eigenvalue weighted by Crippen LogP contribution is -2.47. The van der Waals surface area contributed by atoms with Crippen LogP contribution in [0.1, 0.15) is 28.9 Å². The number of likely N-dealkylation sites (tertiary alicyclic amines) is 1. The van der Waals surface area contributed by atoms with E-state index in [9.17, 15) is 4.79 Å². The molecule has 0 unspecified atom stereocenters. The van der Waals surface area contributed by atoms with E-state index in [4.69, 9.17) is 4.74 Å². The lowest BCUT2D eigenvalue weighted by molar-refractivity contribution is 0.0958. The molecule has 1 aliphatic heterocycles. The highest BCUT2D eigenvalue weighted by Gasteiger charge is 2.30. The number of rotatable bonds is 6. The lowest BCUT2D eigenvalue weighted by atomic mass is 10.0. The molecule has 2 heterocycles. The molecule has 1 amide bonds. The highest BCUT2D eigenvalue weighted by molar-refractivity contribution is 6.06. The minimum atomic E-state index is 0.0343. The standard InChI is InChI=1S/C25H27N3O2/c1-30-24-12-7-11-23(18-24)28(25(29)20-8-3-2-4-9-20)22-13-16-27(17-14-22)19-21-10-5-6-15-26-21/h2-12,15,18,22H,13-14,16-17,19H2,1H3. The number of aromatic nitrogens is 1. The smallest absolute Gasteiger partial charge is 0.258 e. The lowest BCUT2D eigenvalue weighted by Gasteiger charge is -2.38. The monoisotopic (exact) mass is 401 g/mol. The van der Waals surface area contributed by atoms with Crippen LogP contribution in [0.4, 0.5) is 5.69 Å². The van der Waals surface area contributed by atoms with Crippen molar-refractivity contribution in [1.29, 1.82) is 0 Å². The third-order valence-electron chi connectivity index (χ3n) is 5.61. The molecule has 0 spiro atoms. The van der Waals surface area contributed by atoms with E-state index in [-0.39, 0.29) is 11.9 Å². The number of benzene rings is 2. The largest absolute Gasteiger partial charge is 0.497 e. The maximum absolute atomic E-state index is 13.5. The van der Waals surface area contributed by atoms with E-state index in [0.29, 0.717) is 5.56 Å². The van der Waals surface area contributed by atoms with Crippen molar-refractivity contribution >= 4 is 11.6 Å². The summed E-state index contributed by atoms with van der Waals surface area (Å²) >= 11 is 0. The van der Waals surface area contributed by atoms with Gasteiger partial charge in [0, 0.05) is 49.2 Å². The highest BCUT2D eigenvalue weighted by Crippen LogP contribution is 2.29. The van der Waals surface area contributed by atoms with Gasteiger partial charge in [-0.3, -0.25) is 14.7 Å². The molecule has 5 nitrogen and oxygen atoms in total. The topological polar surface area (TPSA) is 45.7 Å². The van der Waals surface area contributed by atoms with Crippen molar-refractivity contribution in [2.75, 3.05) is 25.1 Å². The first-order valence-corrected chi connectivity index (χ1v) is 10.4. The number of hydrogen-bond acceptors (Lipinski definition) is 4. The summed E-state index contributed by atoms with van der Waals surface area (Å²) in [6.45, 7) is 2.72. The van der Waals surface area contributed by atoms with Gasteiger partial charge in [-0.1, -0.05) is 30.3 Å². The van der Waals surface area contributed by atoms with Crippen LogP contribution in [-0.2, 0) is 6.54 Å². The summed E-state index contributed by atoms with van der Waals surface area (Å²) < 4.78 is 5.41. The van der Waals surface area contributed by atoms with Gasteiger partial charge in [-0.25, -0.2) is 0 Å². The Hall–Kier alpha value is -3.18. The fourth-order valence-electron chi connectivity index (χ4n) is 4.03. The van der Waals surface area contributed by atoms with Gasteiger partial charge in [-0.05, 0) is 49.2 Å². The van der Waals surface area contributed by atoms with Crippen molar-refractivity contribution in [2.45, 2.75) is 25.4 Å². The minimum Gasteiger partial charge on any atom is -0.497 e. The quantitative estimate of drug-likeness (QED) is 0.614. The zero-order valence-corrected chi connectivity index (χ0v) is 17.3. The molecule has 1 aromatic heterocycles. The third-order valence-corrected chi connectivity index (χ3v) is 5.61. The maximum Gasteiger partial charge on any atom is 0.258 e. The normalized spacial score (nSPS) is 15.0. The Morgan fingerprint density at radius 1 is 1.03 bits per heavy atom. The number of hydrogen-bond donors (Lipinski definition) is 0. The van der Waals surface area contributed by atoms with Gasteiger partial charge in [-0.2, -0.15) is 0 Å². The zero-order valence-electron chi connectivity index (χ0n) is 17.3. The van der Waals surface area contributed by atoms with Crippen LogP contribution >= 0.6 is 0 Å². The van der Waals surface area contributed by atoms with Crippen LogP contribution in [0.5, 0.6) is 5.75 Å². The average molecular weight is 402 g/mol. The Morgan fingerprint density at radius 3 is 2.50 bits per heavy atom. The molecule has 2 aromatic carbocycles. The van der Waals surface area contributed by atoms with Crippen LogP contribution in [-0.4, -0.2) is 42.0 Å². The van der Waals surface area contributed by atoms with E-state index in [0.717, 1.165) is 49.6 Å². The molecule has 5 heteroatoms. The molecule has 0 N–H and O–H groups in total. The number of ether oxygens (including phenoxy) is 1. The van der Waals surface area contributed by atoms with Gasteiger partial charge < -0.3 is 9.64 Å². The van der Waals surface area contributed by atoms with E-state index < -0.39 is 0 Å². The maximum atomic E-state index is 13.5. The molecule has 154 valence electrons. The molecule has 1 fully saturated rings. The number of anilines is 1. The van der Waals surface area contributed by atoms with E-state index in [1.165, 1.54) is 0 Å². The van der Waals surface area contributed by atoms with Crippen LogP contribution < -0.4 is 9.64 Å². The van der Waals surface area contributed by atoms with Gasteiger partial charge in [0.05, 0.1) is 12.8 Å². The number of nitrogens with zero attached hydrogens (tertiary/aromatic N) is 3. The van der Waals surface area contributed by atoms with Crippen molar-refractivity contribution in [2.24, 2.45) is 0 Å². The SMILES string of the molecule is COc1cccc(N(C(=O)c2ccccc2)C2CCN(Cc3ccccn3)CC2)c1. The van der Waals surface area contributed by atoms with Crippen LogP contribution in [0.3, 0.4) is 0 Å². The van der Waals surface area contributed by atoms with Crippen molar-refractivity contribution in [3.05, 3.63) is 90.3 Å². The van der Waals surface area contributed by atoms with Gasteiger partial charge in [0.25, 0.3) is 5.91 Å². The molecular formula is C25H27N3O2. The summed E-state index contributed by atoms with van der Waals surface area (Å²) in [5, 5.41) is 0. The summed E-state index contributed by atoms with van der Waals surface area (Å²) in [4.78, 5) is 22.3. The number of carbonyl (C=O) groups excluding carboxylic acids is 1. The predicted molar refractivity (Wildman–Crippen MR) is 119 cm³/mol. The number of methoxy groups -OCH3 is 1. The van der Waals surface area contributed by atoms with E-state index in [1.54, 1.807) is 7.11 Å². The predicted octanol–water partition coefficient (Wildman–Crippen LogP) is 4.40. The van der Waals surface area contributed by atoms with Crippen LogP contribution in [0.25, 0.3) is 0 Å². The van der Waals surface area contributed by atoms with Gasteiger partial charge in [-0.15, -0.1) is 0 Å². The first-order valence-electron chi connectivity index (χ1n) is 10.4. The second-order valence-electron chi connectivity index (χ2n) is 7.57. The molecule has 3 aromatic rings. The highest BCUT2D eigenvalue weighted by atomic mass is 16.5. The molecule has 1 aliphatic rings. The van der Waals surface area contributed by atoms with Crippen LogP contribution in [0, 0.1) is 0 Å². The van der Waals surface area contributed by atoms with Crippen molar-refractivity contribution < 1.29 is 9.53 Å². The molecule has 1 saturated heterocycles. The number of piperidine rings is 1. The second kappa shape index (κ2) is 9.55. The zero-order chi connectivity index (χ0) is 20.8. The molecule has 0 radical (unpaired) electrons. The number of pyridine rings is 1. The molecule has 30 heavy (non-hydrogen) atoms. The van der Waals surface area contributed by atoms with Crippen molar-refractivity contribution in [1.82, 2.24) is 9.88 Å².